The molecule has 0 heterocycles. The van der Waals surface area contributed by atoms with E-state index in [1.165, 1.54) is 12.1 Å². The zero-order valence-electron chi connectivity index (χ0n) is 11.2. The Morgan fingerprint density at radius 2 is 1.95 bits per heavy atom. The van der Waals surface area contributed by atoms with Gasteiger partial charge in [0.15, 0.2) is 9.84 Å². The quantitative estimate of drug-likeness (QED) is 0.485. The Kier molecular flexibility index (Phi) is 3.94. The van der Waals surface area contributed by atoms with Gasteiger partial charge in [0, 0.05) is 17.3 Å². The minimum absolute atomic E-state index is 0.141. The number of rotatable bonds is 4. The number of nitrogens with zero attached hydrogens (tertiary/aromatic N) is 1. The largest absolute Gasteiger partial charge is 0.264 e. The fourth-order valence-electron chi connectivity index (χ4n) is 2.96. The molecule has 1 aromatic carbocycles. The van der Waals surface area contributed by atoms with E-state index >= 15 is 0 Å². The predicted molar refractivity (Wildman–Crippen MR) is 75.7 cm³/mol. The Balaban J connectivity index is 2.46. The SMILES string of the molecule is C=C1C[C@H]([N+](=O)[O-])[C@@H](CC)[C@H]1S(=O)(=O)c1ccccc1. The van der Waals surface area contributed by atoms with Gasteiger partial charge >= 0.3 is 0 Å². The molecule has 0 amide bonds. The molecule has 1 aliphatic carbocycles. The van der Waals surface area contributed by atoms with E-state index in [0.717, 1.165) is 0 Å². The molecule has 3 atom stereocenters. The van der Waals surface area contributed by atoms with Crippen molar-refractivity contribution in [2.45, 2.75) is 36.0 Å². The van der Waals surface area contributed by atoms with Gasteiger partial charge in [0.2, 0.25) is 6.04 Å². The van der Waals surface area contributed by atoms with Crippen LogP contribution in [0.25, 0.3) is 0 Å². The van der Waals surface area contributed by atoms with Crippen LogP contribution in [-0.4, -0.2) is 24.6 Å². The van der Waals surface area contributed by atoms with Gasteiger partial charge in [-0.3, -0.25) is 10.1 Å². The number of nitro groups is 1. The molecule has 0 radical (unpaired) electrons. The summed E-state index contributed by atoms with van der Waals surface area (Å²) < 4.78 is 25.4. The summed E-state index contributed by atoms with van der Waals surface area (Å²) in [5.74, 6) is -0.511. The average molecular weight is 295 g/mol. The zero-order chi connectivity index (χ0) is 14.9. The van der Waals surface area contributed by atoms with E-state index in [0.29, 0.717) is 12.0 Å². The number of hydrogen-bond acceptors (Lipinski definition) is 4. The molecule has 1 aliphatic rings. The highest BCUT2D eigenvalue weighted by Gasteiger charge is 2.50. The molecule has 6 heteroatoms. The average Bonchev–Trinajstić information content (AvgIpc) is 2.77. The van der Waals surface area contributed by atoms with Gasteiger partial charge in [-0.25, -0.2) is 8.42 Å². The van der Waals surface area contributed by atoms with Gasteiger partial charge < -0.3 is 0 Å². The van der Waals surface area contributed by atoms with Crippen molar-refractivity contribution in [2.24, 2.45) is 5.92 Å². The summed E-state index contributed by atoms with van der Waals surface area (Å²) in [6.45, 7) is 5.56. The van der Waals surface area contributed by atoms with Crippen molar-refractivity contribution in [3.05, 3.63) is 52.6 Å². The molecule has 5 nitrogen and oxygen atoms in total. The molecular weight excluding hydrogens is 278 g/mol. The van der Waals surface area contributed by atoms with Crippen LogP contribution in [0.4, 0.5) is 0 Å². The fourth-order valence-corrected chi connectivity index (χ4v) is 5.16. The Morgan fingerprint density at radius 1 is 1.35 bits per heavy atom. The van der Waals surface area contributed by atoms with Gasteiger partial charge in [-0.2, -0.15) is 0 Å². The molecule has 2 rings (SSSR count). The topological polar surface area (TPSA) is 77.3 Å². The van der Waals surface area contributed by atoms with Gasteiger partial charge in [-0.1, -0.05) is 37.3 Å². The molecule has 0 unspecified atom stereocenters. The predicted octanol–water partition coefficient (Wildman–Crippen LogP) is 2.46. The van der Waals surface area contributed by atoms with Gasteiger partial charge in [-0.05, 0) is 18.6 Å². The molecule has 0 aliphatic heterocycles. The highest BCUT2D eigenvalue weighted by atomic mass is 32.2. The van der Waals surface area contributed by atoms with Crippen LogP contribution in [0.2, 0.25) is 0 Å². The van der Waals surface area contributed by atoms with Crippen molar-refractivity contribution in [2.75, 3.05) is 0 Å². The molecule has 1 aromatic rings. The van der Waals surface area contributed by atoms with Crippen LogP contribution in [0.5, 0.6) is 0 Å². The standard InChI is InChI=1S/C14H17NO4S/c1-3-12-13(15(16)17)9-10(2)14(12)20(18,19)11-7-5-4-6-8-11/h4-8,12-14H,2-3,9H2,1H3/t12-,13+,14+/m1/s1. The number of sulfone groups is 1. The first-order valence-corrected chi connectivity index (χ1v) is 8.04. The molecule has 1 fully saturated rings. The molecule has 0 bridgehead atoms. The third-order valence-corrected chi connectivity index (χ3v) is 6.19. The highest BCUT2D eigenvalue weighted by Crippen LogP contribution is 2.40. The first-order chi connectivity index (χ1) is 9.39. The maximum Gasteiger partial charge on any atom is 0.221 e. The Bertz CT molecular complexity index is 624. The third kappa shape index (κ3) is 2.35. The monoisotopic (exact) mass is 295 g/mol. The third-order valence-electron chi connectivity index (χ3n) is 3.91. The molecule has 108 valence electrons. The van der Waals surface area contributed by atoms with Crippen molar-refractivity contribution in [1.82, 2.24) is 0 Å². The second-order valence-corrected chi connectivity index (χ2v) is 7.14. The summed E-state index contributed by atoms with van der Waals surface area (Å²) >= 11 is 0. The van der Waals surface area contributed by atoms with Crippen LogP contribution < -0.4 is 0 Å². The minimum atomic E-state index is -3.62. The highest BCUT2D eigenvalue weighted by molar-refractivity contribution is 7.92. The summed E-state index contributed by atoms with van der Waals surface area (Å²) in [7, 11) is -3.62. The van der Waals surface area contributed by atoms with E-state index in [9.17, 15) is 18.5 Å². The Morgan fingerprint density at radius 3 is 2.45 bits per heavy atom. The lowest BCUT2D eigenvalue weighted by molar-refractivity contribution is -0.528. The van der Waals surface area contributed by atoms with Crippen molar-refractivity contribution in [3.63, 3.8) is 0 Å². The molecule has 0 saturated heterocycles. The summed E-state index contributed by atoms with van der Waals surface area (Å²) in [6.07, 6.45) is 0.587. The maximum atomic E-state index is 12.7. The first-order valence-electron chi connectivity index (χ1n) is 6.49. The van der Waals surface area contributed by atoms with Gasteiger partial charge in [-0.15, -0.1) is 0 Å². The van der Waals surface area contributed by atoms with Gasteiger partial charge in [0.25, 0.3) is 0 Å². The Hall–Kier alpha value is -1.69. The second-order valence-electron chi connectivity index (χ2n) is 5.07. The molecule has 1 saturated carbocycles. The second kappa shape index (κ2) is 5.36. The normalized spacial score (nSPS) is 26.6. The summed E-state index contributed by atoms with van der Waals surface area (Å²) in [5, 5.41) is 10.2. The Labute approximate surface area is 118 Å². The lowest BCUT2D eigenvalue weighted by atomic mass is 10.0. The summed E-state index contributed by atoms with van der Waals surface area (Å²) in [4.78, 5) is 10.9. The molecule has 0 aromatic heterocycles. The number of benzene rings is 1. The molecule has 0 spiro atoms. The lowest BCUT2D eigenvalue weighted by Crippen LogP contribution is -2.33. The van der Waals surface area contributed by atoms with Crippen molar-refractivity contribution < 1.29 is 13.3 Å². The molecule has 0 N–H and O–H groups in total. The van der Waals surface area contributed by atoms with E-state index in [1.54, 1.807) is 25.1 Å². The van der Waals surface area contributed by atoms with Crippen molar-refractivity contribution in [3.8, 4) is 0 Å². The van der Waals surface area contributed by atoms with E-state index in [4.69, 9.17) is 0 Å². The van der Waals surface area contributed by atoms with Crippen LogP contribution in [0.3, 0.4) is 0 Å². The van der Waals surface area contributed by atoms with Crippen LogP contribution in [0.15, 0.2) is 47.4 Å². The van der Waals surface area contributed by atoms with Crippen LogP contribution in [0.1, 0.15) is 19.8 Å². The molecular formula is C14H17NO4S. The van der Waals surface area contributed by atoms with Crippen LogP contribution in [0, 0.1) is 16.0 Å². The zero-order valence-corrected chi connectivity index (χ0v) is 12.0. The maximum absolute atomic E-state index is 12.7. The van der Waals surface area contributed by atoms with E-state index in [2.05, 4.69) is 6.58 Å². The van der Waals surface area contributed by atoms with Gasteiger partial charge in [0.05, 0.1) is 10.1 Å². The van der Waals surface area contributed by atoms with E-state index in [1.807, 2.05) is 0 Å². The first kappa shape index (κ1) is 14.7. The van der Waals surface area contributed by atoms with E-state index < -0.39 is 27.0 Å². The number of hydrogen-bond donors (Lipinski definition) is 0. The van der Waals surface area contributed by atoms with Crippen LogP contribution in [-0.2, 0) is 9.84 Å². The minimum Gasteiger partial charge on any atom is -0.264 e. The van der Waals surface area contributed by atoms with Crippen molar-refractivity contribution in [1.29, 1.82) is 0 Å². The smallest absolute Gasteiger partial charge is 0.221 e. The molecule has 20 heavy (non-hydrogen) atoms. The van der Waals surface area contributed by atoms with Crippen LogP contribution >= 0.6 is 0 Å². The summed E-state index contributed by atoms with van der Waals surface area (Å²) in [6, 6.07) is 7.23. The van der Waals surface area contributed by atoms with Crippen molar-refractivity contribution >= 4 is 9.84 Å². The summed E-state index contributed by atoms with van der Waals surface area (Å²) in [5.41, 5.74) is 0.447. The lowest BCUT2D eigenvalue weighted by Gasteiger charge is -2.19. The van der Waals surface area contributed by atoms with E-state index in [-0.39, 0.29) is 16.2 Å². The van der Waals surface area contributed by atoms with Gasteiger partial charge in [0.1, 0.15) is 0 Å². The fraction of sp³-hybridized carbons (Fsp3) is 0.429.